The van der Waals surface area contributed by atoms with Gasteiger partial charge in [-0.05, 0) is 68.4 Å². The maximum Gasteiger partial charge on any atom is 0.262 e. The average Bonchev–Trinajstić information content (AvgIpc) is 3.39. The highest BCUT2D eigenvalue weighted by Gasteiger charge is 2.29. The molecule has 10 heteroatoms. The molecule has 2 amide bonds. The normalized spacial score (nSPS) is 18.1. The number of carbonyl (C=O) groups excluding carboxylic acids is 2. The molecule has 1 aromatic carbocycles. The van der Waals surface area contributed by atoms with Crippen molar-refractivity contribution in [3.8, 4) is 0 Å². The molecule has 0 spiro atoms. The van der Waals surface area contributed by atoms with Gasteiger partial charge in [-0.3, -0.25) is 14.3 Å². The molecular weight excluding hydrogens is 450 g/mol. The minimum Gasteiger partial charge on any atom is -0.376 e. The summed E-state index contributed by atoms with van der Waals surface area (Å²) in [6, 6.07) is 5.92. The first-order valence-corrected chi connectivity index (χ1v) is 13.1. The van der Waals surface area contributed by atoms with Gasteiger partial charge in [0.1, 0.15) is 5.00 Å². The van der Waals surface area contributed by atoms with E-state index in [4.69, 9.17) is 4.74 Å². The lowest BCUT2D eigenvalue weighted by Gasteiger charge is -2.15. The SMILES string of the molecule is CC(=O)Nc1ccc(S(=O)(=O)Nc2sc3c(c2C(=O)NC[C@H]2CCCO2)CCCC3)cc1. The summed E-state index contributed by atoms with van der Waals surface area (Å²) in [6.07, 6.45) is 5.53. The van der Waals surface area contributed by atoms with Gasteiger partial charge in [0, 0.05) is 30.6 Å². The molecule has 0 unspecified atom stereocenters. The standard InChI is InChI=1S/C22H27N3O5S2/c1-14(26)24-15-8-10-17(11-9-15)32(28,29)25-22-20(18-6-2-3-7-19(18)31-22)21(27)23-13-16-5-4-12-30-16/h8-11,16,25H,2-7,12-13H2,1H3,(H,23,27)(H,24,26)/t16-/m1/s1. The van der Waals surface area contributed by atoms with Gasteiger partial charge in [0.15, 0.2) is 0 Å². The molecule has 1 saturated heterocycles. The molecule has 172 valence electrons. The molecule has 0 saturated carbocycles. The van der Waals surface area contributed by atoms with Crippen molar-refractivity contribution in [1.82, 2.24) is 5.32 Å². The molecule has 2 aromatic rings. The van der Waals surface area contributed by atoms with E-state index in [0.29, 0.717) is 29.4 Å². The number of benzene rings is 1. The molecule has 4 rings (SSSR count). The number of ether oxygens (including phenoxy) is 1. The molecule has 1 aliphatic heterocycles. The van der Waals surface area contributed by atoms with E-state index in [1.54, 1.807) is 0 Å². The first-order valence-electron chi connectivity index (χ1n) is 10.8. The fourth-order valence-corrected chi connectivity index (χ4v) is 6.67. The molecule has 8 nitrogen and oxygen atoms in total. The molecule has 32 heavy (non-hydrogen) atoms. The number of thiophene rings is 1. The quantitative estimate of drug-likeness (QED) is 0.566. The number of aryl methyl sites for hydroxylation is 1. The second kappa shape index (κ2) is 9.60. The van der Waals surface area contributed by atoms with Crippen molar-refractivity contribution in [2.45, 2.75) is 56.4 Å². The molecule has 2 heterocycles. The fraction of sp³-hybridized carbons (Fsp3) is 0.455. The second-order valence-corrected chi connectivity index (χ2v) is 10.9. The van der Waals surface area contributed by atoms with Crippen LogP contribution in [0, 0.1) is 0 Å². The third-order valence-electron chi connectivity index (χ3n) is 5.62. The Morgan fingerprint density at radius 2 is 1.88 bits per heavy atom. The Labute approximate surface area is 191 Å². The van der Waals surface area contributed by atoms with Crippen molar-refractivity contribution >= 4 is 43.9 Å². The Morgan fingerprint density at radius 3 is 2.56 bits per heavy atom. The Morgan fingerprint density at radius 1 is 1.12 bits per heavy atom. The number of fused-ring (bicyclic) bond motifs is 1. The molecule has 1 aromatic heterocycles. The topological polar surface area (TPSA) is 114 Å². The minimum atomic E-state index is -3.90. The summed E-state index contributed by atoms with van der Waals surface area (Å²) >= 11 is 1.34. The van der Waals surface area contributed by atoms with Crippen LogP contribution in [-0.4, -0.2) is 39.5 Å². The van der Waals surface area contributed by atoms with Crippen LogP contribution in [0.3, 0.4) is 0 Å². The third kappa shape index (κ3) is 5.13. The number of nitrogens with one attached hydrogen (secondary N) is 3. The van der Waals surface area contributed by atoms with E-state index < -0.39 is 10.0 Å². The summed E-state index contributed by atoms with van der Waals surface area (Å²) < 4.78 is 34.3. The van der Waals surface area contributed by atoms with Gasteiger partial charge in [-0.1, -0.05) is 0 Å². The van der Waals surface area contributed by atoms with E-state index in [-0.39, 0.29) is 22.8 Å². The Hall–Kier alpha value is -2.43. The van der Waals surface area contributed by atoms with Crippen molar-refractivity contribution < 1.29 is 22.7 Å². The summed E-state index contributed by atoms with van der Waals surface area (Å²) in [5, 5.41) is 5.90. The van der Waals surface area contributed by atoms with Crippen molar-refractivity contribution in [3.63, 3.8) is 0 Å². The van der Waals surface area contributed by atoms with Gasteiger partial charge in [-0.15, -0.1) is 11.3 Å². The van der Waals surface area contributed by atoms with Gasteiger partial charge < -0.3 is 15.4 Å². The number of hydrogen-bond donors (Lipinski definition) is 3. The molecule has 3 N–H and O–H groups in total. The fourth-order valence-electron chi connectivity index (χ4n) is 4.08. The van der Waals surface area contributed by atoms with Crippen LogP contribution in [0.2, 0.25) is 0 Å². The lowest BCUT2D eigenvalue weighted by atomic mass is 9.95. The molecule has 1 aliphatic carbocycles. The van der Waals surface area contributed by atoms with Crippen LogP contribution in [0.1, 0.15) is 53.4 Å². The monoisotopic (exact) mass is 477 g/mol. The van der Waals surface area contributed by atoms with Crippen molar-refractivity contribution in [1.29, 1.82) is 0 Å². The average molecular weight is 478 g/mol. The second-order valence-electron chi connectivity index (χ2n) is 8.07. The zero-order valence-electron chi connectivity index (χ0n) is 17.9. The predicted octanol–water partition coefficient (Wildman–Crippen LogP) is 3.29. The van der Waals surface area contributed by atoms with Gasteiger partial charge in [0.25, 0.3) is 15.9 Å². The molecule has 0 radical (unpaired) electrons. The van der Waals surface area contributed by atoms with Crippen molar-refractivity contribution in [2.24, 2.45) is 0 Å². The zero-order valence-corrected chi connectivity index (χ0v) is 19.5. The number of sulfonamides is 1. The minimum absolute atomic E-state index is 0.00989. The van der Waals surface area contributed by atoms with Crippen LogP contribution < -0.4 is 15.4 Å². The van der Waals surface area contributed by atoms with Gasteiger partial charge in [0.05, 0.1) is 16.6 Å². The van der Waals surface area contributed by atoms with Gasteiger partial charge >= 0.3 is 0 Å². The van der Waals surface area contributed by atoms with Crippen LogP contribution in [0.4, 0.5) is 10.7 Å². The Bertz CT molecular complexity index is 1100. The van der Waals surface area contributed by atoms with Gasteiger partial charge in [-0.25, -0.2) is 8.42 Å². The highest BCUT2D eigenvalue weighted by molar-refractivity contribution is 7.93. The summed E-state index contributed by atoms with van der Waals surface area (Å²) in [5.74, 6) is -0.500. The summed E-state index contributed by atoms with van der Waals surface area (Å²) in [7, 11) is -3.90. The highest BCUT2D eigenvalue weighted by atomic mass is 32.2. The number of hydrogen-bond acceptors (Lipinski definition) is 6. The summed E-state index contributed by atoms with van der Waals surface area (Å²) in [5.41, 5.74) is 1.89. The van der Waals surface area contributed by atoms with Crippen LogP contribution >= 0.6 is 11.3 Å². The van der Waals surface area contributed by atoms with Crippen LogP contribution in [0.15, 0.2) is 29.2 Å². The number of rotatable bonds is 7. The van der Waals surface area contributed by atoms with E-state index in [0.717, 1.165) is 49.0 Å². The zero-order chi connectivity index (χ0) is 22.7. The van der Waals surface area contributed by atoms with Crippen molar-refractivity contribution in [3.05, 3.63) is 40.3 Å². The summed E-state index contributed by atoms with van der Waals surface area (Å²) in [6.45, 7) is 2.51. The maximum atomic E-state index is 13.1. The van der Waals surface area contributed by atoms with E-state index in [1.165, 1.54) is 42.5 Å². The Kier molecular flexibility index (Phi) is 6.82. The lowest BCUT2D eigenvalue weighted by molar-refractivity contribution is -0.114. The van der Waals surface area contributed by atoms with Crippen LogP contribution in [0.5, 0.6) is 0 Å². The summed E-state index contributed by atoms with van der Waals surface area (Å²) in [4.78, 5) is 25.4. The van der Waals surface area contributed by atoms with E-state index in [2.05, 4.69) is 15.4 Å². The molecule has 0 bridgehead atoms. The largest absolute Gasteiger partial charge is 0.376 e. The lowest BCUT2D eigenvalue weighted by Crippen LogP contribution is -2.32. The maximum absolute atomic E-state index is 13.1. The smallest absolute Gasteiger partial charge is 0.262 e. The first kappa shape index (κ1) is 22.8. The third-order valence-corrected chi connectivity index (χ3v) is 8.33. The Balaban J connectivity index is 1.57. The molecule has 2 aliphatic rings. The molecule has 1 fully saturated rings. The van der Waals surface area contributed by atoms with Crippen molar-refractivity contribution in [2.75, 3.05) is 23.2 Å². The van der Waals surface area contributed by atoms with Gasteiger partial charge in [-0.2, -0.15) is 0 Å². The number of amides is 2. The van der Waals surface area contributed by atoms with Crippen LogP contribution in [0.25, 0.3) is 0 Å². The van der Waals surface area contributed by atoms with E-state index >= 15 is 0 Å². The van der Waals surface area contributed by atoms with E-state index in [9.17, 15) is 18.0 Å². The predicted molar refractivity (Wildman–Crippen MR) is 124 cm³/mol. The van der Waals surface area contributed by atoms with Gasteiger partial charge in [0.2, 0.25) is 5.91 Å². The molecular formula is C22H27N3O5S2. The number of anilines is 2. The highest BCUT2D eigenvalue weighted by Crippen LogP contribution is 2.39. The van der Waals surface area contributed by atoms with Crippen LogP contribution in [-0.2, 0) is 32.4 Å². The van der Waals surface area contributed by atoms with E-state index in [1.807, 2.05) is 0 Å². The molecule has 1 atom stereocenters. The first-order chi connectivity index (χ1) is 15.3. The number of carbonyl (C=O) groups is 2.